The molecular weight excluding hydrogens is 272 g/mol. The Kier molecular flexibility index (Phi) is 6.20. The lowest BCUT2D eigenvalue weighted by Gasteiger charge is -2.08. The summed E-state index contributed by atoms with van der Waals surface area (Å²) in [6.07, 6.45) is 1.51. The number of nitrogens with one attached hydrogen (secondary N) is 1. The quantitative estimate of drug-likeness (QED) is 0.728. The van der Waals surface area contributed by atoms with Gasteiger partial charge >= 0.3 is 5.97 Å². The monoisotopic (exact) mass is 296 g/mol. The van der Waals surface area contributed by atoms with E-state index in [0.717, 1.165) is 6.42 Å². The molecule has 7 nitrogen and oxygen atoms in total. The molecule has 1 aromatic heterocycles. The van der Waals surface area contributed by atoms with E-state index in [1.165, 1.54) is 4.68 Å². The number of hydrogen-bond acceptors (Lipinski definition) is 5. The van der Waals surface area contributed by atoms with Crippen LogP contribution in [0.5, 0.6) is 0 Å². The van der Waals surface area contributed by atoms with Crippen molar-refractivity contribution in [2.45, 2.75) is 33.6 Å². The van der Waals surface area contributed by atoms with Gasteiger partial charge in [-0.15, -0.1) is 0 Å². The van der Waals surface area contributed by atoms with Gasteiger partial charge in [0, 0.05) is 13.6 Å². The van der Waals surface area contributed by atoms with E-state index < -0.39 is 5.97 Å². The number of nitrogens with zero attached hydrogens (tertiary/aromatic N) is 2. The molecule has 0 radical (unpaired) electrons. The first-order valence-corrected chi connectivity index (χ1v) is 7.11. The smallest absolute Gasteiger partial charge is 0.359 e. The van der Waals surface area contributed by atoms with E-state index in [0.29, 0.717) is 30.3 Å². The Labute approximate surface area is 124 Å². The number of hydrogen-bond donors (Lipinski definition) is 2. The molecule has 0 aliphatic carbocycles. The second-order valence-electron chi connectivity index (χ2n) is 5.29. The number of carbonyl (C=O) groups is 2. The van der Waals surface area contributed by atoms with Gasteiger partial charge in [-0.2, -0.15) is 5.10 Å². The summed E-state index contributed by atoms with van der Waals surface area (Å²) in [6.45, 7) is 6.30. The van der Waals surface area contributed by atoms with Crippen molar-refractivity contribution in [1.82, 2.24) is 15.1 Å². The molecule has 0 aliphatic heterocycles. The van der Waals surface area contributed by atoms with Crippen molar-refractivity contribution in [3.63, 3.8) is 0 Å². The molecular formula is C14H24N4O3. The fourth-order valence-corrected chi connectivity index (χ4v) is 1.85. The zero-order valence-electron chi connectivity index (χ0n) is 13.1. The lowest BCUT2D eigenvalue weighted by atomic mass is 10.1. The van der Waals surface area contributed by atoms with Gasteiger partial charge in [-0.1, -0.05) is 20.8 Å². The minimum absolute atomic E-state index is 0.182. The predicted octanol–water partition coefficient (Wildman–Crippen LogP) is 0.884. The first kappa shape index (κ1) is 17.0. The molecule has 1 aromatic rings. The molecule has 1 heterocycles. The summed E-state index contributed by atoms with van der Waals surface area (Å²) in [5.41, 5.74) is 6.99. The van der Waals surface area contributed by atoms with Gasteiger partial charge in [0.1, 0.15) is 0 Å². The molecule has 0 spiro atoms. The van der Waals surface area contributed by atoms with Crippen LogP contribution in [0.3, 0.4) is 0 Å². The van der Waals surface area contributed by atoms with Crippen molar-refractivity contribution < 1.29 is 14.3 Å². The number of nitrogens with two attached hydrogens (primary N) is 1. The molecule has 3 N–H and O–H groups in total. The van der Waals surface area contributed by atoms with Gasteiger partial charge in [0.25, 0.3) is 5.91 Å². The van der Waals surface area contributed by atoms with Gasteiger partial charge in [-0.3, -0.25) is 9.48 Å². The van der Waals surface area contributed by atoms with Crippen LogP contribution < -0.4 is 11.1 Å². The minimum Gasteiger partial charge on any atom is -0.451 e. The maximum Gasteiger partial charge on any atom is 0.359 e. The van der Waals surface area contributed by atoms with E-state index in [9.17, 15) is 9.59 Å². The van der Waals surface area contributed by atoms with Crippen LogP contribution in [-0.4, -0.2) is 34.8 Å². The molecule has 21 heavy (non-hydrogen) atoms. The standard InChI is InChI=1S/C14H24N4O3/c1-5-10-12(15)13(18(4)17-10)14(20)21-8-11(19)16-7-6-9(2)3/h9H,5-8,15H2,1-4H3,(H,16,19). The number of ether oxygens (including phenoxy) is 1. The Bertz CT molecular complexity index is 509. The maximum absolute atomic E-state index is 12.0. The third-order valence-corrected chi connectivity index (χ3v) is 3.07. The fraction of sp³-hybridized carbons (Fsp3) is 0.643. The normalized spacial score (nSPS) is 10.7. The molecule has 1 amide bonds. The zero-order chi connectivity index (χ0) is 16.0. The summed E-state index contributed by atoms with van der Waals surface area (Å²) in [7, 11) is 1.62. The van der Waals surface area contributed by atoms with Crippen LogP contribution in [0.15, 0.2) is 0 Å². The molecule has 0 unspecified atom stereocenters. The lowest BCUT2D eigenvalue weighted by Crippen LogP contribution is -2.30. The Morgan fingerprint density at radius 3 is 2.62 bits per heavy atom. The van der Waals surface area contributed by atoms with E-state index in [4.69, 9.17) is 10.5 Å². The molecule has 0 saturated carbocycles. The number of amides is 1. The van der Waals surface area contributed by atoms with Gasteiger partial charge < -0.3 is 15.8 Å². The fourth-order valence-electron chi connectivity index (χ4n) is 1.85. The molecule has 7 heteroatoms. The van der Waals surface area contributed by atoms with Crippen LogP contribution in [0.1, 0.15) is 43.4 Å². The Morgan fingerprint density at radius 1 is 1.43 bits per heavy atom. The zero-order valence-corrected chi connectivity index (χ0v) is 13.1. The summed E-state index contributed by atoms with van der Waals surface area (Å²) in [6, 6.07) is 0. The number of anilines is 1. The second-order valence-corrected chi connectivity index (χ2v) is 5.29. The van der Waals surface area contributed by atoms with Gasteiger partial charge in [0.2, 0.25) is 0 Å². The number of esters is 1. The first-order valence-electron chi connectivity index (χ1n) is 7.11. The average Bonchev–Trinajstić information content (AvgIpc) is 2.70. The predicted molar refractivity (Wildman–Crippen MR) is 79.7 cm³/mol. The van der Waals surface area contributed by atoms with Gasteiger partial charge in [-0.05, 0) is 18.8 Å². The van der Waals surface area contributed by atoms with Crippen molar-refractivity contribution >= 4 is 17.6 Å². The largest absolute Gasteiger partial charge is 0.451 e. The third kappa shape index (κ3) is 4.77. The molecule has 0 aliphatic rings. The summed E-state index contributed by atoms with van der Waals surface area (Å²) >= 11 is 0. The summed E-state index contributed by atoms with van der Waals surface area (Å²) in [5.74, 6) is -0.448. The molecule has 118 valence electrons. The minimum atomic E-state index is -0.638. The summed E-state index contributed by atoms with van der Waals surface area (Å²) in [5, 5.41) is 6.83. The summed E-state index contributed by atoms with van der Waals surface area (Å²) in [4.78, 5) is 23.5. The van der Waals surface area contributed by atoms with E-state index in [2.05, 4.69) is 24.3 Å². The molecule has 0 saturated heterocycles. The Morgan fingerprint density at radius 2 is 2.10 bits per heavy atom. The molecule has 0 fully saturated rings. The van der Waals surface area contributed by atoms with Crippen LogP contribution in [0, 0.1) is 5.92 Å². The number of nitrogen functional groups attached to an aromatic ring is 1. The maximum atomic E-state index is 12.0. The van der Waals surface area contributed by atoms with Crippen molar-refractivity contribution in [3.05, 3.63) is 11.4 Å². The first-order chi connectivity index (χ1) is 9.86. The van der Waals surface area contributed by atoms with Crippen LogP contribution in [0.4, 0.5) is 5.69 Å². The third-order valence-electron chi connectivity index (χ3n) is 3.07. The molecule has 0 atom stereocenters. The topological polar surface area (TPSA) is 99.2 Å². The van der Waals surface area contributed by atoms with Crippen LogP contribution in [0.25, 0.3) is 0 Å². The van der Waals surface area contributed by atoms with E-state index >= 15 is 0 Å². The van der Waals surface area contributed by atoms with E-state index in [-0.39, 0.29) is 18.2 Å². The van der Waals surface area contributed by atoms with Crippen molar-refractivity contribution in [2.75, 3.05) is 18.9 Å². The van der Waals surface area contributed by atoms with Crippen LogP contribution in [-0.2, 0) is 23.0 Å². The highest BCUT2D eigenvalue weighted by Crippen LogP contribution is 2.17. The SMILES string of the molecule is CCc1nn(C)c(C(=O)OCC(=O)NCCC(C)C)c1N. The van der Waals surface area contributed by atoms with Crippen LogP contribution >= 0.6 is 0 Å². The van der Waals surface area contributed by atoms with E-state index in [1.807, 2.05) is 6.92 Å². The highest BCUT2D eigenvalue weighted by molar-refractivity contribution is 5.95. The highest BCUT2D eigenvalue weighted by atomic mass is 16.5. The molecule has 0 bridgehead atoms. The van der Waals surface area contributed by atoms with Gasteiger partial charge in [0.15, 0.2) is 12.3 Å². The van der Waals surface area contributed by atoms with Crippen molar-refractivity contribution in [1.29, 1.82) is 0 Å². The Hall–Kier alpha value is -2.05. The summed E-state index contributed by atoms with van der Waals surface area (Å²) < 4.78 is 6.36. The number of aromatic nitrogens is 2. The highest BCUT2D eigenvalue weighted by Gasteiger charge is 2.21. The van der Waals surface area contributed by atoms with Crippen molar-refractivity contribution in [2.24, 2.45) is 13.0 Å². The van der Waals surface area contributed by atoms with Gasteiger partial charge in [-0.25, -0.2) is 4.79 Å². The average molecular weight is 296 g/mol. The molecule has 1 rings (SSSR count). The van der Waals surface area contributed by atoms with Crippen LogP contribution in [0.2, 0.25) is 0 Å². The number of rotatable bonds is 7. The number of carbonyl (C=O) groups excluding carboxylic acids is 2. The lowest BCUT2D eigenvalue weighted by molar-refractivity contribution is -0.124. The number of aryl methyl sites for hydroxylation is 2. The second kappa shape index (κ2) is 7.66. The van der Waals surface area contributed by atoms with E-state index in [1.54, 1.807) is 7.05 Å². The van der Waals surface area contributed by atoms with Gasteiger partial charge in [0.05, 0.1) is 11.4 Å². The Balaban J connectivity index is 2.51. The molecule has 0 aromatic carbocycles. The van der Waals surface area contributed by atoms with Crippen molar-refractivity contribution in [3.8, 4) is 0 Å².